The van der Waals surface area contributed by atoms with Crippen LogP contribution in [0, 0.1) is 6.92 Å². The van der Waals surface area contributed by atoms with Gasteiger partial charge in [0.05, 0.1) is 5.69 Å². The van der Waals surface area contributed by atoms with Gasteiger partial charge in [-0.15, -0.1) is 0 Å². The van der Waals surface area contributed by atoms with Gasteiger partial charge in [-0.3, -0.25) is 4.79 Å². The van der Waals surface area contributed by atoms with E-state index in [0.29, 0.717) is 17.8 Å². The average molecular weight is 281 g/mol. The molecule has 0 saturated carbocycles. The van der Waals surface area contributed by atoms with E-state index in [4.69, 9.17) is 0 Å². The van der Waals surface area contributed by atoms with Crippen molar-refractivity contribution in [2.75, 3.05) is 0 Å². The molecule has 1 unspecified atom stereocenters. The molecule has 0 aliphatic heterocycles. The summed E-state index contributed by atoms with van der Waals surface area (Å²) in [5.41, 5.74) is 3.28. The maximum absolute atomic E-state index is 11.7. The summed E-state index contributed by atoms with van der Waals surface area (Å²) >= 11 is 0. The van der Waals surface area contributed by atoms with E-state index in [-0.39, 0.29) is 0 Å². The highest BCUT2D eigenvalue weighted by Gasteiger charge is 2.24. The minimum absolute atomic E-state index is 0.425. The Balaban J connectivity index is 2.07. The number of pyridine rings is 1. The Labute approximate surface area is 121 Å². The number of carbonyl (C=O) groups is 1. The van der Waals surface area contributed by atoms with Crippen molar-refractivity contribution < 1.29 is 9.90 Å². The zero-order valence-electron chi connectivity index (χ0n) is 11.6. The number of hydrogen-bond acceptors (Lipinski definition) is 3. The van der Waals surface area contributed by atoms with Crippen LogP contribution in [-0.4, -0.2) is 25.7 Å². The number of nitrogens with zero attached hydrogens (tertiary/aromatic N) is 3. The second-order valence-electron chi connectivity index (χ2n) is 5.07. The Morgan fingerprint density at radius 3 is 2.76 bits per heavy atom. The second kappa shape index (κ2) is 5.36. The van der Waals surface area contributed by atoms with Gasteiger partial charge in [-0.05, 0) is 36.6 Å². The second-order valence-corrected chi connectivity index (χ2v) is 5.07. The van der Waals surface area contributed by atoms with Crippen LogP contribution in [0.2, 0.25) is 0 Å². The predicted molar refractivity (Wildman–Crippen MR) is 78.2 cm³/mol. The zero-order valence-corrected chi connectivity index (χ0v) is 11.6. The van der Waals surface area contributed by atoms with Gasteiger partial charge in [-0.1, -0.05) is 30.3 Å². The molecule has 5 nitrogen and oxygen atoms in total. The third-order valence-corrected chi connectivity index (χ3v) is 3.49. The van der Waals surface area contributed by atoms with Gasteiger partial charge < -0.3 is 5.11 Å². The summed E-state index contributed by atoms with van der Waals surface area (Å²) in [7, 11) is 0. The fourth-order valence-corrected chi connectivity index (χ4v) is 2.50. The smallest absolute Gasteiger partial charge is 0.312 e. The van der Waals surface area contributed by atoms with E-state index >= 15 is 0 Å². The van der Waals surface area contributed by atoms with Gasteiger partial charge in [0.1, 0.15) is 12.2 Å². The molecule has 1 N–H and O–H groups in total. The van der Waals surface area contributed by atoms with Crippen molar-refractivity contribution in [3.05, 3.63) is 65.6 Å². The fraction of sp³-hybridized carbons (Fsp3) is 0.188. The molecule has 2 heterocycles. The van der Waals surface area contributed by atoms with Crippen LogP contribution in [0.1, 0.15) is 22.7 Å². The lowest BCUT2D eigenvalue weighted by atomic mass is 9.95. The SMILES string of the molecule is Cc1cc(C(Cc2ccccc2)C(=O)O)n2ncnc2c1. The molecular formula is C16H15N3O2. The molecule has 0 bridgehead atoms. The molecule has 106 valence electrons. The van der Waals surface area contributed by atoms with Crippen LogP contribution in [0.3, 0.4) is 0 Å². The maximum Gasteiger partial charge on any atom is 0.312 e. The lowest BCUT2D eigenvalue weighted by Crippen LogP contribution is -2.18. The molecule has 0 aliphatic rings. The van der Waals surface area contributed by atoms with Crippen molar-refractivity contribution in [1.82, 2.24) is 14.6 Å². The number of carboxylic acid groups (broad SMARTS) is 1. The molecule has 0 aliphatic carbocycles. The van der Waals surface area contributed by atoms with Gasteiger partial charge in [-0.25, -0.2) is 9.50 Å². The monoisotopic (exact) mass is 281 g/mol. The van der Waals surface area contributed by atoms with Crippen LogP contribution in [-0.2, 0) is 11.2 Å². The quantitative estimate of drug-likeness (QED) is 0.797. The molecule has 0 saturated heterocycles. The number of aliphatic carboxylic acids is 1. The molecule has 1 aromatic carbocycles. The number of aromatic nitrogens is 3. The first-order valence-electron chi connectivity index (χ1n) is 6.72. The molecular weight excluding hydrogens is 266 g/mol. The van der Waals surface area contributed by atoms with Crippen molar-refractivity contribution in [1.29, 1.82) is 0 Å². The van der Waals surface area contributed by atoms with Gasteiger partial charge in [0.25, 0.3) is 0 Å². The number of fused-ring (bicyclic) bond motifs is 1. The Bertz CT molecular complexity index is 781. The van der Waals surface area contributed by atoms with Crippen molar-refractivity contribution >= 4 is 11.6 Å². The number of rotatable bonds is 4. The highest BCUT2D eigenvalue weighted by Crippen LogP contribution is 2.23. The third kappa shape index (κ3) is 2.63. The molecule has 0 radical (unpaired) electrons. The molecule has 5 heteroatoms. The van der Waals surface area contributed by atoms with E-state index in [1.54, 1.807) is 4.52 Å². The van der Waals surface area contributed by atoms with Gasteiger partial charge in [0.15, 0.2) is 5.65 Å². The summed E-state index contributed by atoms with van der Waals surface area (Å²) in [4.78, 5) is 15.9. The molecule has 3 aromatic rings. The van der Waals surface area contributed by atoms with E-state index in [2.05, 4.69) is 10.1 Å². The number of benzene rings is 1. The summed E-state index contributed by atoms with van der Waals surface area (Å²) in [6.45, 7) is 1.93. The van der Waals surface area contributed by atoms with Gasteiger partial charge in [-0.2, -0.15) is 5.10 Å². The first kappa shape index (κ1) is 13.3. The average Bonchev–Trinajstić information content (AvgIpc) is 2.93. The van der Waals surface area contributed by atoms with E-state index < -0.39 is 11.9 Å². The molecule has 0 fully saturated rings. The van der Waals surface area contributed by atoms with Crippen molar-refractivity contribution in [3.63, 3.8) is 0 Å². The van der Waals surface area contributed by atoms with Crippen molar-refractivity contribution in [2.45, 2.75) is 19.3 Å². The lowest BCUT2D eigenvalue weighted by Gasteiger charge is -2.15. The fourth-order valence-electron chi connectivity index (χ4n) is 2.50. The van der Waals surface area contributed by atoms with E-state index in [9.17, 15) is 9.90 Å². The van der Waals surface area contributed by atoms with Gasteiger partial charge in [0.2, 0.25) is 0 Å². The maximum atomic E-state index is 11.7. The first-order chi connectivity index (χ1) is 10.1. The Kier molecular flexibility index (Phi) is 3.39. The van der Waals surface area contributed by atoms with Gasteiger partial charge >= 0.3 is 5.97 Å². The Morgan fingerprint density at radius 1 is 1.29 bits per heavy atom. The largest absolute Gasteiger partial charge is 0.481 e. The number of aryl methyl sites for hydroxylation is 1. The summed E-state index contributed by atoms with van der Waals surface area (Å²) < 4.78 is 1.61. The van der Waals surface area contributed by atoms with Crippen molar-refractivity contribution in [3.8, 4) is 0 Å². The summed E-state index contributed by atoms with van der Waals surface area (Å²) in [5, 5.41) is 13.8. The Hall–Kier alpha value is -2.69. The molecule has 0 amide bonds. The molecule has 3 rings (SSSR count). The van der Waals surface area contributed by atoms with Crippen LogP contribution in [0.4, 0.5) is 0 Å². The first-order valence-corrected chi connectivity index (χ1v) is 6.72. The zero-order chi connectivity index (χ0) is 14.8. The van der Waals surface area contributed by atoms with Crippen LogP contribution in [0.5, 0.6) is 0 Å². The highest BCUT2D eigenvalue weighted by atomic mass is 16.4. The summed E-state index contributed by atoms with van der Waals surface area (Å²) in [6, 6.07) is 13.4. The molecule has 1 atom stereocenters. The number of carboxylic acids is 1. The van der Waals surface area contributed by atoms with E-state index in [1.807, 2.05) is 49.4 Å². The standard InChI is InChI=1S/C16H15N3O2/c1-11-7-14(19-15(8-11)17-10-18-19)13(16(20)21)9-12-5-3-2-4-6-12/h2-8,10,13H,9H2,1H3,(H,20,21). The highest BCUT2D eigenvalue weighted by molar-refractivity contribution is 5.76. The summed E-state index contributed by atoms with van der Waals surface area (Å²) in [5.74, 6) is -1.52. The topological polar surface area (TPSA) is 67.5 Å². The lowest BCUT2D eigenvalue weighted by molar-refractivity contribution is -0.138. The third-order valence-electron chi connectivity index (χ3n) is 3.49. The minimum Gasteiger partial charge on any atom is -0.481 e. The summed E-state index contributed by atoms with van der Waals surface area (Å²) in [6.07, 6.45) is 1.87. The van der Waals surface area contributed by atoms with E-state index in [1.165, 1.54) is 6.33 Å². The molecule has 0 spiro atoms. The van der Waals surface area contributed by atoms with Crippen LogP contribution < -0.4 is 0 Å². The van der Waals surface area contributed by atoms with E-state index in [0.717, 1.165) is 11.1 Å². The number of hydrogen-bond donors (Lipinski definition) is 1. The van der Waals surface area contributed by atoms with Gasteiger partial charge in [0, 0.05) is 0 Å². The van der Waals surface area contributed by atoms with Crippen LogP contribution in [0.15, 0.2) is 48.8 Å². The van der Waals surface area contributed by atoms with Crippen molar-refractivity contribution in [2.24, 2.45) is 0 Å². The molecule has 21 heavy (non-hydrogen) atoms. The van der Waals surface area contributed by atoms with Crippen LogP contribution >= 0.6 is 0 Å². The Morgan fingerprint density at radius 2 is 2.05 bits per heavy atom. The normalized spacial score (nSPS) is 12.4. The predicted octanol–water partition coefficient (Wildman–Crippen LogP) is 2.45. The van der Waals surface area contributed by atoms with Crippen LogP contribution in [0.25, 0.3) is 5.65 Å². The minimum atomic E-state index is -0.860. The molecule has 2 aromatic heterocycles.